The number of hydrogen-bond donors (Lipinski definition) is 0. The van der Waals surface area contributed by atoms with Crippen molar-refractivity contribution in [3.63, 3.8) is 0 Å². The van der Waals surface area contributed by atoms with Crippen LogP contribution in [0.2, 0.25) is 0 Å². The van der Waals surface area contributed by atoms with Crippen molar-refractivity contribution in [1.29, 1.82) is 0 Å². The van der Waals surface area contributed by atoms with Gasteiger partial charge >= 0.3 is 5.97 Å². The number of sulfone groups is 1. The van der Waals surface area contributed by atoms with Crippen LogP contribution in [0.25, 0.3) is 27.7 Å². The number of hydrogen-bond acceptors (Lipinski definition) is 5. The number of carbonyl (C=O) groups is 1. The Morgan fingerprint density at radius 2 is 1.55 bits per heavy atom. The first-order valence-electron chi connectivity index (χ1n) is 13.5. The lowest BCUT2D eigenvalue weighted by Gasteiger charge is -2.28. The van der Waals surface area contributed by atoms with E-state index in [2.05, 4.69) is 0 Å². The molecule has 0 fully saturated rings. The van der Waals surface area contributed by atoms with Crippen LogP contribution >= 0.6 is 0 Å². The van der Waals surface area contributed by atoms with E-state index in [1.165, 1.54) is 25.5 Å². The monoisotopic (exact) mass is 585 g/mol. The SMILES string of the molecule is COC(=O)c1ccc(-c2c(C(C)(C)CS(C)(=O)=O)n(-c3ccc(F)cc3)c3cccc(OCc4ccccc4)c23)cc1. The molecular formula is C34H32FNO5S. The Labute approximate surface area is 245 Å². The fourth-order valence-corrected chi connectivity index (χ4v) is 7.01. The molecule has 0 saturated heterocycles. The van der Waals surface area contributed by atoms with Crippen LogP contribution in [0.5, 0.6) is 5.75 Å². The van der Waals surface area contributed by atoms with Gasteiger partial charge in [-0.25, -0.2) is 17.6 Å². The first-order chi connectivity index (χ1) is 20.0. The molecule has 1 aromatic heterocycles. The molecule has 0 atom stereocenters. The van der Waals surface area contributed by atoms with Gasteiger partial charge in [0.25, 0.3) is 0 Å². The molecule has 8 heteroatoms. The molecule has 1 heterocycles. The molecular weight excluding hydrogens is 553 g/mol. The number of methoxy groups -OCH3 is 1. The quantitative estimate of drug-likeness (QED) is 0.172. The maximum Gasteiger partial charge on any atom is 0.337 e. The summed E-state index contributed by atoms with van der Waals surface area (Å²) in [5, 5.41) is 0.778. The Morgan fingerprint density at radius 1 is 0.881 bits per heavy atom. The fraction of sp³-hybridized carbons (Fsp3) is 0.206. The number of nitrogens with zero attached hydrogens (tertiary/aromatic N) is 1. The van der Waals surface area contributed by atoms with Crippen LogP contribution in [0.1, 0.15) is 35.5 Å². The minimum Gasteiger partial charge on any atom is -0.488 e. The fourth-order valence-electron chi connectivity index (χ4n) is 5.56. The molecule has 0 bridgehead atoms. The van der Waals surface area contributed by atoms with Gasteiger partial charge in [0.15, 0.2) is 0 Å². The lowest BCUT2D eigenvalue weighted by atomic mass is 9.85. The molecule has 216 valence electrons. The molecule has 0 radical (unpaired) electrons. The van der Waals surface area contributed by atoms with Gasteiger partial charge in [-0.1, -0.05) is 62.4 Å². The molecule has 4 aromatic carbocycles. The first kappa shape index (κ1) is 29.1. The van der Waals surface area contributed by atoms with E-state index < -0.39 is 21.2 Å². The summed E-state index contributed by atoms with van der Waals surface area (Å²) < 4.78 is 52.8. The van der Waals surface area contributed by atoms with Crippen molar-refractivity contribution in [2.45, 2.75) is 25.9 Å². The van der Waals surface area contributed by atoms with Crippen molar-refractivity contribution < 1.29 is 27.1 Å². The molecule has 6 nitrogen and oxygen atoms in total. The third-order valence-electron chi connectivity index (χ3n) is 7.14. The normalized spacial score (nSPS) is 11.9. The second kappa shape index (κ2) is 11.4. The Hall–Kier alpha value is -4.43. The number of fused-ring (bicyclic) bond motifs is 1. The molecule has 0 unspecified atom stereocenters. The molecule has 5 aromatic rings. The molecule has 42 heavy (non-hydrogen) atoms. The summed E-state index contributed by atoms with van der Waals surface area (Å²) in [4.78, 5) is 12.2. The summed E-state index contributed by atoms with van der Waals surface area (Å²) >= 11 is 0. The van der Waals surface area contributed by atoms with Gasteiger partial charge < -0.3 is 14.0 Å². The van der Waals surface area contributed by atoms with Crippen LogP contribution < -0.4 is 4.74 Å². The van der Waals surface area contributed by atoms with E-state index in [0.717, 1.165) is 33.3 Å². The Balaban J connectivity index is 1.85. The smallest absolute Gasteiger partial charge is 0.337 e. The van der Waals surface area contributed by atoms with Gasteiger partial charge in [0.05, 0.1) is 29.3 Å². The zero-order valence-electron chi connectivity index (χ0n) is 23.9. The number of carbonyl (C=O) groups excluding carboxylic acids is 1. The van der Waals surface area contributed by atoms with E-state index in [4.69, 9.17) is 9.47 Å². The number of halogens is 1. The third-order valence-corrected chi connectivity index (χ3v) is 8.38. The van der Waals surface area contributed by atoms with E-state index in [0.29, 0.717) is 23.6 Å². The van der Waals surface area contributed by atoms with Crippen molar-refractivity contribution in [3.8, 4) is 22.6 Å². The number of benzene rings is 4. The van der Waals surface area contributed by atoms with Crippen molar-refractivity contribution >= 4 is 26.7 Å². The molecule has 0 amide bonds. The van der Waals surface area contributed by atoms with Crippen molar-refractivity contribution in [1.82, 2.24) is 4.57 Å². The van der Waals surface area contributed by atoms with Crippen molar-refractivity contribution in [2.75, 3.05) is 19.1 Å². The van der Waals surface area contributed by atoms with Crippen molar-refractivity contribution in [3.05, 3.63) is 120 Å². The molecule has 5 rings (SSSR count). The van der Waals surface area contributed by atoms with E-state index in [1.807, 2.05) is 79.1 Å². The van der Waals surface area contributed by atoms with Crippen LogP contribution in [-0.4, -0.2) is 38.1 Å². The third kappa shape index (κ3) is 5.94. The zero-order chi connectivity index (χ0) is 30.1. The maximum absolute atomic E-state index is 14.1. The summed E-state index contributed by atoms with van der Waals surface area (Å²) in [6.45, 7) is 4.10. The van der Waals surface area contributed by atoms with Gasteiger partial charge in [0, 0.05) is 28.6 Å². The lowest BCUT2D eigenvalue weighted by Crippen LogP contribution is -2.30. The average Bonchev–Trinajstić information content (AvgIpc) is 3.32. The van der Waals surface area contributed by atoms with Gasteiger partial charge in [-0.2, -0.15) is 0 Å². The molecule has 0 saturated carbocycles. The number of ether oxygens (including phenoxy) is 2. The Bertz CT molecular complexity index is 1840. The second-order valence-corrected chi connectivity index (χ2v) is 13.1. The molecule has 0 aliphatic rings. The van der Waals surface area contributed by atoms with Gasteiger partial charge in [0.2, 0.25) is 0 Å². The summed E-state index contributed by atoms with van der Waals surface area (Å²) in [5.41, 5.74) is 4.19. The lowest BCUT2D eigenvalue weighted by molar-refractivity contribution is 0.0600. The molecule has 0 spiro atoms. The predicted octanol–water partition coefficient (Wildman–Crippen LogP) is 7.12. The molecule has 0 aliphatic carbocycles. The van der Waals surface area contributed by atoms with E-state index in [1.54, 1.807) is 24.3 Å². The Kier molecular flexibility index (Phi) is 7.93. The van der Waals surface area contributed by atoms with Crippen LogP contribution in [0.3, 0.4) is 0 Å². The van der Waals surface area contributed by atoms with Gasteiger partial charge in [0.1, 0.15) is 28.0 Å². The summed E-state index contributed by atoms with van der Waals surface area (Å²) in [7, 11) is -2.09. The number of esters is 1. The van der Waals surface area contributed by atoms with Crippen molar-refractivity contribution in [2.24, 2.45) is 0 Å². The largest absolute Gasteiger partial charge is 0.488 e. The summed E-state index contributed by atoms with van der Waals surface area (Å²) in [5.74, 6) is -0.358. The van der Waals surface area contributed by atoms with Gasteiger partial charge in [-0.15, -0.1) is 0 Å². The highest BCUT2D eigenvalue weighted by atomic mass is 32.2. The zero-order valence-corrected chi connectivity index (χ0v) is 24.7. The van der Waals surface area contributed by atoms with Crippen LogP contribution in [0.15, 0.2) is 97.1 Å². The summed E-state index contributed by atoms with van der Waals surface area (Å²) in [6.07, 6.45) is 1.22. The van der Waals surface area contributed by atoms with Crippen LogP contribution in [0.4, 0.5) is 4.39 Å². The minimum absolute atomic E-state index is 0.134. The van der Waals surface area contributed by atoms with Crippen LogP contribution in [-0.2, 0) is 26.6 Å². The van der Waals surface area contributed by atoms with E-state index in [-0.39, 0.29) is 11.6 Å². The molecule has 0 aliphatic heterocycles. The highest BCUT2D eigenvalue weighted by molar-refractivity contribution is 7.90. The predicted molar refractivity (Wildman–Crippen MR) is 164 cm³/mol. The van der Waals surface area contributed by atoms with E-state index in [9.17, 15) is 17.6 Å². The first-order valence-corrected chi connectivity index (χ1v) is 15.5. The minimum atomic E-state index is -3.42. The standard InChI is InChI=1S/C34H32FNO5S/c1-34(2,22-42(4,38)39)32-30(24-13-15-25(16-14-24)33(37)40-3)31-28(36(32)27-19-17-26(35)18-20-27)11-8-12-29(31)41-21-23-9-6-5-7-10-23/h5-20H,21-22H2,1-4H3. The maximum atomic E-state index is 14.1. The van der Waals surface area contributed by atoms with Crippen LogP contribution in [0, 0.1) is 5.82 Å². The average molecular weight is 586 g/mol. The van der Waals surface area contributed by atoms with Gasteiger partial charge in [-0.3, -0.25) is 0 Å². The Morgan fingerprint density at radius 3 is 2.17 bits per heavy atom. The van der Waals surface area contributed by atoms with Gasteiger partial charge in [-0.05, 0) is 59.7 Å². The highest BCUT2D eigenvalue weighted by Crippen LogP contribution is 2.46. The number of aromatic nitrogens is 1. The van der Waals surface area contributed by atoms with E-state index >= 15 is 0 Å². The highest BCUT2D eigenvalue weighted by Gasteiger charge is 2.35. The summed E-state index contributed by atoms with van der Waals surface area (Å²) in [6, 6.07) is 28.7. The second-order valence-electron chi connectivity index (χ2n) is 11.0. The molecule has 0 N–H and O–H groups in total. The number of rotatable bonds is 9. The topological polar surface area (TPSA) is 74.6 Å².